The van der Waals surface area contributed by atoms with E-state index in [1.807, 2.05) is 0 Å². The summed E-state index contributed by atoms with van der Waals surface area (Å²) in [5.41, 5.74) is 7.17. The van der Waals surface area contributed by atoms with Crippen molar-refractivity contribution < 1.29 is 13.9 Å². The predicted octanol–water partition coefficient (Wildman–Crippen LogP) is 2.22. The number of nitrogen functional groups attached to an aromatic ring is 1. The molecule has 0 bridgehead atoms. The van der Waals surface area contributed by atoms with Crippen LogP contribution in [0.3, 0.4) is 0 Å². The lowest BCUT2D eigenvalue weighted by Crippen LogP contribution is -2.05. The Bertz CT molecular complexity index is 528. The van der Waals surface area contributed by atoms with Gasteiger partial charge >= 0.3 is 5.97 Å². The second kappa shape index (κ2) is 4.92. The van der Waals surface area contributed by atoms with Crippen molar-refractivity contribution in [1.29, 1.82) is 0 Å². The quantitative estimate of drug-likeness (QED) is 0.672. The van der Waals surface area contributed by atoms with Crippen LogP contribution < -0.4 is 5.73 Å². The van der Waals surface area contributed by atoms with Gasteiger partial charge in [0.2, 0.25) is 0 Å². The van der Waals surface area contributed by atoms with E-state index < -0.39 is 11.8 Å². The van der Waals surface area contributed by atoms with E-state index in [1.165, 1.54) is 23.5 Å². The monoisotopic (exact) mass is 252 g/mol. The summed E-state index contributed by atoms with van der Waals surface area (Å²) in [4.78, 5) is 16.3. The maximum Gasteiger partial charge on any atom is 0.338 e. The molecule has 0 atom stereocenters. The average Bonchev–Trinajstić information content (AvgIpc) is 2.82. The molecule has 2 N–H and O–H groups in total. The van der Waals surface area contributed by atoms with E-state index in [2.05, 4.69) is 4.98 Å². The molecule has 0 aliphatic carbocycles. The van der Waals surface area contributed by atoms with Gasteiger partial charge in [-0.2, -0.15) is 0 Å². The number of hydrogen-bond donors (Lipinski definition) is 1. The van der Waals surface area contributed by atoms with Crippen molar-refractivity contribution in [2.45, 2.75) is 6.61 Å². The zero-order valence-electron chi connectivity index (χ0n) is 8.72. The molecule has 1 aromatic heterocycles. The number of carbonyl (C=O) groups excluding carboxylic acids is 1. The Kier molecular flexibility index (Phi) is 3.34. The lowest BCUT2D eigenvalue weighted by Gasteiger charge is -2.04. The highest BCUT2D eigenvalue weighted by atomic mass is 32.1. The standard InChI is InChI=1S/C11H9FN2O2S/c12-9-2-1-7(3-10(9)13)11(15)16-5-8-4-14-6-17-8/h1-4,6H,5,13H2. The van der Waals surface area contributed by atoms with E-state index in [0.717, 1.165) is 10.9 Å². The Morgan fingerprint density at radius 2 is 2.35 bits per heavy atom. The summed E-state index contributed by atoms with van der Waals surface area (Å²) in [5, 5.41) is 0. The Balaban J connectivity index is 2.02. The van der Waals surface area contributed by atoms with Crippen LogP contribution in [-0.4, -0.2) is 11.0 Å². The zero-order chi connectivity index (χ0) is 12.3. The number of ether oxygens (including phenoxy) is 1. The first-order chi connectivity index (χ1) is 8.16. The van der Waals surface area contributed by atoms with E-state index in [1.54, 1.807) is 11.7 Å². The summed E-state index contributed by atoms with van der Waals surface area (Å²) in [6, 6.07) is 3.73. The van der Waals surface area contributed by atoms with Gasteiger partial charge in [-0.1, -0.05) is 0 Å². The number of aromatic nitrogens is 1. The third kappa shape index (κ3) is 2.79. The first-order valence-corrected chi connectivity index (χ1v) is 5.64. The van der Waals surface area contributed by atoms with Crippen LogP contribution in [0.5, 0.6) is 0 Å². The lowest BCUT2D eigenvalue weighted by molar-refractivity contribution is 0.0476. The highest BCUT2D eigenvalue weighted by Crippen LogP contribution is 2.14. The molecule has 1 aromatic carbocycles. The molecular weight excluding hydrogens is 243 g/mol. The van der Waals surface area contributed by atoms with E-state index in [9.17, 15) is 9.18 Å². The van der Waals surface area contributed by atoms with Crippen molar-refractivity contribution >= 4 is 23.0 Å². The van der Waals surface area contributed by atoms with Gasteiger partial charge in [-0.05, 0) is 18.2 Å². The maximum absolute atomic E-state index is 12.9. The van der Waals surface area contributed by atoms with Gasteiger partial charge < -0.3 is 10.5 Å². The van der Waals surface area contributed by atoms with Crippen LogP contribution in [0.1, 0.15) is 15.2 Å². The van der Waals surface area contributed by atoms with Gasteiger partial charge in [-0.25, -0.2) is 9.18 Å². The number of hydrogen-bond acceptors (Lipinski definition) is 5. The molecule has 0 unspecified atom stereocenters. The van der Waals surface area contributed by atoms with E-state index >= 15 is 0 Å². The van der Waals surface area contributed by atoms with E-state index in [0.29, 0.717) is 0 Å². The van der Waals surface area contributed by atoms with Crippen LogP contribution in [0.4, 0.5) is 10.1 Å². The summed E-state index contributed by atoms with van der Waals surface area (Å²) < 4.78 is 17.9. The second-order valence-corrected chi connectivity index (χ2v) is 4.25. The zero-order valence-corrected chi connectivity index (χ0v) is 9.54. The van der Waals surface area contributed by atoms with Crippen LogP contribution in [0.2, 0.25) is 0 Å². The number of nitrogens with zero attached hydrogens (tertiary/aromatic N) is 1. The highest BCUT2D eigenvalue weighted by Gasteiger charge is 2.10. The molecule has 17 heavy (non-hydrogen) atoms. The molecule has 1 heterocycles. The fraction of sp³-hybridized carbons (Fsp3) is 0.0909. The number of esters is 1. The fourth-order valence-corrected chi connectivity index (χ4v) is 1.71. The largest absolute Gasteiger partial charge is 0.456 e. The number of benzene rings is 1. The minimum Gasteiger partial charge on any atom is -0.456 e. The minimum absolute atomic E-state index is 0.0720. The van der Waals surface area contributed by atoms with Crippen molar-refractivity contribution in [3.63, 3.8) is 0 Å². The first kappa shape index (κ1) is 11.5. The molecule has 88 valence electrons. The Morgan fingerprint density at radius 1 is 1.53 bits per heavy atom. The highest BCUT2D eigenvalue weighted by molar-refractivity contribution is 7.09. The number of carbonyl (C=O) groups is 1. The van der Waals surface area contributed by atoms with Crippen molar-refractivity contribution in [2.75, 3.05) is 5.73 Å². The molecular formula is C11H9FN2O2S. The SMILES string of the molecule is Nc1cc(C(=O)OCc2cncs2)ccc1F. The summed E-state index contributed by atoms with van der Waals surface area (Å²) in [6.45, 7) is 0.154. The van der Waals surface area contributed by atoms with E-state index in [-0.39, 0.29) is 17.9 Å². The molecule has 0 saturated carbocycles. The number of rotatable bonds is 3. The van der Waals surface area contributed by atoms with Crippen molar-refractivity contribution in [3.8, 4) is 0 Å². The molecule has 6 heteroatoms. The van der Waals surface area contributed by atoms with Gasteiger partial charge in [-0.15, -0.1) is 11.3 Å². The Morgan fingerprint density at radius 3 is 3.00 bits per heavy atom. The molecule has 2 aromatic rings. The Hall–Kier alpha value is -1.95. The van der Waals surface area contributed by atoms with Crippen molar-refractivity contribution in [2.24, 2.45) is 0 Å². The summed E-state index contributed by atoms with van der Waals surface area (Å²) >= 11 is 1.39. The fourth-order valence-electron chi connectivity index (χ4n) is 1.20. The third-order valence-electron chi connectivity index (χ3n) is 2.06. The average molecular weight is 252 g/mol. The van der Waals surface area contributed by atoms with Crippen LogP contribution in [-0.2, 0) is 11.3 Å². The van der Waals surface area contributed by atoms with Gasteiger partial charge in [0.1, 0.15) is 12.4 Å². The molecule has 0 saturated heterocycles. The number of halogens is 1. The van der Waals surface area contributed by atoms with Gasteiger partial charge in [0, 0.05) is 6.20 Å². The molecule has 0 aliphatic rings. The normalized spacial score (nSPS) is 10.2. The molecule has 2 rings (SSSR count). The molecule has 0 amide bonds. The molecule has 4 nitrogen and oxygen atoms in total. The topological polar surface area (TPSA) is 65.2 Å². The van der Waals surface area contributed by atoms with Crippen LogP contribution in [0.15, 0.2) is 29.9 Å². The lowest BCUT2D eigenvalue weighted by atomic mass is 10.2. The smallest absolute Gasteiger partial charge is 0.338 e. The second-order valence-electron chi connectivity index (χ2n) is 3.28. The third-order valence-corrected chi connectivity index (χ3v) is 2.81. The minimum atomic E-state index is -0.552. The van der Waals surface area contributed by atoms with Gasteiger partial charge in [0.25, 0.3) is 0 Å². The molecule has 0 fully saturated rings. The van der Waals surface area contributed by atoms with Gasteiger partial charge in [0.15, 0.2) is 0 Å². The molecule has 0 radical (unpaired) electrons. The summed E-state index contributed by atoms with van der Waals surface area (Å²) in [6.07, 6.45) is 1.62. The van der Waals surface area contributed by atoms with Gasteiger partial charge in [-0.3, -0.25) is 4.98 Å². The summed E-state index contributed by atoms with van der Waals surface area (Å²) in [5.74, 6) is -1.09. The number of nitrogens with two attached hydrogens (primary N) is 1. The Labute approximate surface area is 101 Å². The first-order valence-electron chi connectivity index (χ1n) is 4.76. The number of thiazole rings is 1. The van der Waals surface area contributed by atoms with Gasteiger partial charge in [0.05, 0.1) is 21.6 Å². The van der Waals surface area contributed by atoms with Crippen LogP contribution in [0, 0.1) is 5.82 Å². The van der Waals surface area contributed by atoms with Crippen LogP contribution in [0.25, 0.3) is 0 Å². The predicted molar refractivity (Wildman–Crippen MR) is 62.0 cm³/mol. The van der Waals surface area contributed by atoms with Crippen molar-refractivity contribution in [1.82, 2.24) is 4.98 Å². The van der Waals surface area contributed by atoms with Crippen LogP contribution >= 0.6 is 11.3 Å². The molecule has 0 aliphatic heterocycles. The summed E-state index contributed by atoms with van der Waals surface area (Å²) in [7, 11) is 0. The maximum atomic E-state index is 12.9. The molecule has 0 spiro atoms. The van der Waals surface area contributed by atoms with E-state index in [4.69, 9.17) is 10.5 Å². The van der Waals surface area contributed by atoms with Crippen molar-refractivity contribution in [3.05, 3.63) is 46.2 Å². The number of anilines is 1.